The highest BCUT2D eigenvalue weighted by atomic mass is 32.2. The van der Waals surface area contributed by atoms with Crippen LogP contribution in [0, 0.1) is 0 Å². The summed E-state index contributed by atoms with van der Waals surface area (Å²) in [5.74, 6) is 0.602. The van der Waals surface area contributed by atoms with Crippen molar-refractivity contribution in [1.29, 1.82) is 0 Å². The first-order valence-electron chi connectivity index (χ1n) is 9.39. The fourth-order valence-corrected chi connectivity index (χ4v) is 4.15. The van der Waals surface area contributed by atoms with Gasteiger partial charge in [0, 0.05) is 13.2 Å². The minimum atomic E-state index is -3.64. The molecule has 3 rings (SSSR count). The Balaban J connectivity index is 1.66. The Hall–Kier alpha value is -2.67. The molecule has 1 unspecified atom stereocenters. The number of sulfonamides is 1. The fourth-order valence-electron chi connectivity index (χ4n) is 2.92. The number of methoxy groups -OCH3 is 1. The van der Waals surface area contributed by atoms with Crippen molar-refractivity contribution in [2.24, 2.45) is 0 Å². The third-order valence-corrected chi connectivity index (χ3v) is 6.10. The number of rotatable bonds is 9. The number of hydrogen-bond acceptors (Lipinski definition) is 4. The topological polar surface area (TPSA) is 64.6 Å². The number of hydrogen-bond donors (Lipinski definition) is 1. The molecule has 0 radical (unpaired) electrons. The van der Waals surface area contributed by atoms with Gasteiger partial charge >= 0.3 is 0 Å². The van der Waals surface area contributed by atoms with Crippen molar-refractivity contribution in [2.75, 3.05) is 20.3 Å². The molecule has 5 nitrogen and oxygen atoms in total. The van der Waals surface area contributed by atoms with Crippen LogP contribution in [0.2, 0.25) is 0 Å². The van der Waals surface area contributed by atoms with Crippen LogP contribution in [0.4, 0.5) is 0 Å². The molecule has 0 spiro atoms. The summed E-state index contributed by atoms with van der Waals surface area (Å²) in [7, 11) is -2.04. The van der Waals surface area contributed by atoms with Gasteiger partial charge in [-0.1, -0.05) is 54.6 Å². The number of ether oxygens (including phenoxy) is 2. The Morgan fingerprint density at radius 3 is 2.07 bits per heavy atom. The number of benzene rings is 3. The fraction of sp³-hybridized carbons (Fsp3) is 0.217. The lowest BCUT2D eigenvalue weighted by Gasteiger charge is -2.15. The van der Waals surface area contributed by atoms with Gasteiger partial charge in [0.05, 0.1) is 11.5 Å². The van der Waals surface area contributed by atoms with E-state index >= 15 is 0 Å². The van der Waals surface area contributed by atoms with Crippen molar-refractivity contribution < 1.29 is 17.9 Å². The first-order valence-corrected chi connectivity index (χ1v) is 10.9. The molecule has 29 heavy (non-hydrogen) atoms. The van der Waals surface area contributed by atoms with E-state index in [0.29, 0.717) is 19.0 Å². The van der Waals surface area contributed by atoms with Crippen LogP contribution in [0.5, 0.6) is 5.75 Å². The molecule has 0 aliphatic rings. The van der Waals surface area contributed by atoms with Gasteiger partial charge in [-0.2, -0.15) is 0 Å². The zero-order valence-corrected chi connectivity index (χ0v) is 17.4. The van der Waals surface area contributed by atoms with E-state index in [2.05, 4.69) is 4.72 Å². The molecule has 152 valence electrons. The predicted octanol–water partition coefficient (Wildman–Crippen LogP) is 4.42. The van der Waals surface area contributed by atoms with Gasteiger partial charge in [0.2, 0.25) is 10.0 Å². The van der Waals surface area contributed by atoms with Crippen LogP contribution in [0.15, 0.2) is 83.8 Å². The van der Waals surface area contributed by atoms with Crippen molar-refractivity contribution in [3.05, 3.63) is 84.4 Å². The van der Waals surface area contributed by atoms with Crippen LogP contribution in [-0.2, 0) is 14.8 Å². The molecular weight excluding hydrogens is 386 g/mol. The second-order valence-corrected chi connectivity index (χ2v) is 8.36. The van der Waals surface area contributed by atoms with Gasteiger partial charge in [0.15, 0.2) is 0 Å². The lowest BCUT2D eigenvalue weighted by atomic mass is 10.0. The molecule has 0 amide bonds. The average Bonchev–Trinajstić information content (AvgIpc) is 2.75. The molecule has 0 aliphatic carbocycles. The van der Waals surface area contributed by atoms with E-state index in [1.54, 1.807) is 19.2 Å². The van der Waals surface area contributed by atoms with Crippen molar-refractivity contribution >= 4 is 10.0 Å². The first kappa shape index (κ1) is 21.0. The van der Waals surface area contributed by atoms with Crippen LogP contribution in [0.3, 0.4) is 0 Å². The van der Waals surface area contributed by atoms with E-state index in [0.717, 1.165) is 16.7 Å². The van der Waals surface area contributed by atoms with E-state index in [1.165, 1.54) is 12.1 Å². The predicted molar refractivity (Wildman–Crippen MR) is 114 cm³/mol. The van der Waals surface area contributed by atoms with Gasteiger partial charge in [-0.05, 0) is 47.9 Å². The normalized spacial score (nSPS) is 12.5. The van der Waals surface area contributed by atoms with Gasteiger partial charge < -0.3 is 9.47 Å². The molecule has 3 aromatic carbocycles. The highest BCUT2D eigenvalue weighted by Gasteiger charge is 2.18. The second kappa shape index (κ2) is 9.69. The van der Waals surface area contributed by atoms with Gasteiger partial charge in [0.1, 0.15) is 12.4 Å². The Morgan fingerprint density at radius 1 is 0.828 bits per heavy atom. The summed E-state index contributed by atoms with van der Waals surface area (Å²) in [6, 6.07) is 24.0. The summed E-state index contributed by atoms with van der Waals surface area (Å²) in [6.07, 6.45) is 0. The van der Waals surface area contributed by atoms with E-state index < -0.39 is 10.0 Å². The van der Waals surface area contributed by atoms with Gasteiger partial charge in [0.25, 0.3) is 0 Å². The Morgan fingerprint density at radius 2 is 1.45 bits per heavy atom. The summed E-state index contributed by atoms with van der Waals surface area (Å²) < 4.78 is 38.5. The molecule has 0 aliphatic heterocycles. The van der Waals surface area contributed by atoms with E-state index in [-0.39, 0.29) is 10.9 Å². The molecular formula is C23H25NO4S. The van der Waals surface area contributed by atoms with Crippen molar-refractivity contribution in [1.82, 2.24) is 4.72 Å². The molecule has 0 bridgehead atoms. The standard InChI is InChI=1S/C23H25NO4S/c1-18(19-8-10-21(11-9-19)20-6-4-3-5-7-20)24-29(25,26)23-14-12-22(13-15-23)28-17-16-27-2/h3-15,18,24H,16-17H2,1-2H3. The van der Waals surface area contributed by atoms with Crippen LogP contribution in [0.1, 0.15) is 18.5 Å². The first-order chi connectivity index (χ1) is 14.0. The van der Waals surface area contributed by atoms with Crippen LogP contribution >= 0.6 is 0 Å². The zero-order valence-electron chi connectivity index (χ0n) is 16.5. The van der Waals surface area contributed by atoms with E-state index in [9.17, 15) is 8.42 Å². The molecule has 3 aromatic rings. The lowest BCUT2D eigenvalue weighted by Crippen LogP contribution is -2.26. The van der Waals surface area contributed by atoms with Gasteiger partial charge in [-0.15, -0.1) is 0 Å². The largest absolute Gasteiger partial charge is 0.491 e. The molecule has 0 saturated heterocycles. The van der Waals surface area contributed by atoms with Crippen LogP contribution in [0.25, 0.3) is 11.1 Å². The van der Waals surface area contributed by atoms with Gasteiger partial charge in [-0.25, -0.2) is 13.1 Å². The third kappa shape index (κ3) is 5.67. The smallest absolute Gasteiger partial charge is 0.241 e. The minimum Gasteiger partial charge on any atom is -0.491 e. The summed E-state index contributed by atoms with van der Waals surface area (Å²) in [5.41, 5.74) is 3.11. The highest BCUT2D eigenvalue weighted by molar-refractivity contribution is 7.89. The summed E-state index contributed by atoms with van der Waals surface area (Å²) in [6.45, 7) is 2.72. The van der Waals surface area contributed by atoms with Crippen molar-refractivity contribution in [2.45, 2.75) is 17.9 Å². The maximum atomic E-state index is 12.7. The van der Waals surface area contributed by atoms with Crippen LogP contribution < -0.4 is 9.46 Å². The Kier molecular flexibility index (Phi) is 7.04. The van der Waals surface area contributed by atoms with Crippen molar-refractivity contribution in [3.8, 4) is 16.9 Å². The maximum absolute atomic E-state index is 12.7. The molecule has 0 heterocycles. The maximum Gasteiger partial charge on any atom is 0.241 e. The summed E-state index contributed by atoms with van der Waals surface area (Å²) in [4.78, 5) is 0.198. The van der Waals surface area contributed by atoms with Crippen LogP contribution in [-0.4, -0.2) is 28.7 Å². The molecule has 1 atom stereocenters. The molecule has 0 fully saturated rings. The summed E-state index contributed by atoms with van der Waals surface area (Å²) in [5, 5.41) is 0. The number of nitrogens with one attached hydrogen (secondary N) is 1. The minimum absolute atomic E-state index is 0.198. The Bertz CT molecular complexity index is 1000. The third-order valence-electron chi connectivity index (χ3n) is 4.54. The highest BCUT2D eigenvalue weighted by Crippen LogP contribution is 2.23. The molecule has 1 N–H and O–H groups in total. The molecule has 6 heteroatoms. The van der Waals surface area contributed by atoms with Crippen molar-refractivity contribution in [3.63, 3.8) is 0 Å². The Labute approximate surface area is 172 Å². The average molecular weight is 412 g/mol. The molecule has 0 aromatic heterocycles. The monoisotopic (exact) mass is 411 g/mol. The quantitative estimate of drug-likeness (QED) is 0.530. The SMILES string of the molecule is COCCOc1ccc(S(=O)(=O)NC(C)c2ccc(-c3ccccc3)cc2)cc1. The summed E-state index contributed by atoms with van der Waals surface area (Å²) >= 11 is 0. The lowest BCUT2D eigenvalue weighted by molar-refractivity contribution is 0.146. The second-order valence-electron chi connectivity index (χ2n) is 6.64. The van der Waals surface area contributed by atoms with E-state index in [1.807, 2.05) is 61.5 Å². The van der Waals surface area contributed by atoms with E-state index in [4.69, 9.17) is 9.47 Å². The zero-order chi connectivity index (χ0) is 20.7. The van der Waals surface area contributed by atoms with Gasteiger partial charge in [-0.3, -0.25) is 0 Å². The molecule has 0 saturated carbocycles.